The highest BCUT2D eigenvalue weighted by molar-refractivity contribution is 5.31. The van der Waals surface area contributed by atoms with Gasteiger partial charge in [-0.1, -0.05) is 18.2 Å². The van der Waals surface area contributed by atoms with Crippen molar-refractivity contribution in [3.05, 3.63) is 29.8 Å². The number of alkyl halides is 2. The summed E-state index contributed by atoms with van der Waals surface area (Å²) in [7, 11) is 0. The van der Waals surface area contributed by atoms with Crippen molar-refractivity contribution in [2.24, 2.45) is 0 Å². The minimum Gasteiger partial charge on any atom is -0.487 e. The van der Waals surface area contributed by atoms with Crippen LogP contribution in [0.2, 0.25) is 0 Å². The van der Waals surface area contributed by atoms with Crippen LogP contribution in [0.4, 0.5) is 8.78 Å². The van der Waals surface area contributed by atoms with Crippen molar-refractivity contribution < 1.29 is 13.5 Å². The molecule has 0 fully saturated rings. The van der Waals surface area contributed by atoms with Crippen LogP contribution in [0.25, 0.3) is 0 Å². The molecule has 0 aliphatic rings. The third-order valence-corrected chi connectivity index (χ3v) is 1.46. The molecule has 0 bridgehead atoms. The van der Waals surface area contributed by atoms with Gasteiger partial charge in [-0.25, -0.2) is 8.78 Å². The van der Waals surface area contributed by atoms with Crippen molar-refractivity contribution in [2.45, 2.75) is 13.3 Å². The highest BCUT2D eigenvalue weighted by Gasteiger charge is 2.04. The molecule has 3 heteroatoms. The van der Waals surface area contributed by atoms with Gasteiger partial charge >= 0.3 is 0 Å². The second-order valence-corrected chi connectivity index (χ2v) is 2.47. The largest absolute Gasteiger partial charge is 0.487 e. The van der Waals surface area contributed by atoms with E-state index in [1.54, 1.807) is 12.1 Å². The SMILES string of the molecule is Cc1ccccc1OCC(F)F. The minimum atomic E-state index is -2.41. The number of halogens is 2. The molecular weight excluding hydrogens is 162 g/mol. The molecule has 0 heterocycles. The maximum absolute atomic E-state index is 11.7. The van der Waals surface area contributed by atoms with Gasteiger partial charge in [-0.3, -0.25) is 0 Å². The molecule has 1 aromatic carbocycles. The average molecular weight is 172 g/mol. The Morgan fingerprint density at radius 3 is 2.58 bits per heavy atom. The zero-order chi connectivity index (χ0) is 8.97. The average Bonchev–Trinajstić information content (AvgIpc) is 2.03. The number of hydrogen-bond acceptors (Lipinski definition) is 1. The van der Waals surface area contributed by atoms with Crippen LogP contribution < -0.4 is 4.74 Å². The van der Waals surface area contributed by atoms with Crippen LogP contribution in [0.3, 0.4) is 0 Å². The van der Waals surface area contributed by atoms with Crippen LogP contribution in [0.5, 0.6) is 5.75 Å². The predicted octanol–water partition coefficient (Wildman–Crippen LogP) is 2.64. The van der Waals surface area contributed by atoms with Gasteiger partial charge in [0.2, 0.25) is 0 Å². The van der Waals surface area contributed by atoms with Gasteiger partial charge in [-0.2, -0.15) is 0 Å². The summed E-state index contributed by atoms with van der Waals surface area (Å²) in [5.74, 6) is 0.526. The fourth-order valence-electron chi connectivity index (χ4n) is 0.871. The van der Waals surface area contributed by atoms with E-state index in [9.17, 15) is 8.78 Å². The van der Waals surface area contributed by atoms with E-state index >= 15 is 0 Å². The molecular formula is C9H10F2O. The number of ether oxygens (including phenoxy) is 1. The molecule has 0 spiro atoms. The van der Waals surface area contributed by atoms with E-state index in [0.717, 1.165) is 5.56 Å². The summed E-state index contributed by atoms with van der Waals surface area (Å²) in [6, 6.07) is 7.09. The number of aryl methyl sites for hydroxylation is 1. The van der Waals surface area contributed by atoms with Gasteiger partial charge in [0.1, 0.15) is 12.4 Å². The lowest BCUT2D eigenvalue weighted by Crippen LogP contribution is -2.07. The van der Waals surface area contributed by atoms with E-state index in [-0.39, 0.29) is 0 Å². The summed E-state index contributed by atoms with van der Waals surface area (Å²) in [5, 5.41) is 0. The molecule has 0 aromatic heterocycles. The normalized spacial score (nSPS) is 10.3. The second-order valence-electron chi connectivity index (χ2n) is 2.47. The van der Waals surface area contributed by atoms with Crippen molar-refractivity contribution in [2.75, 3.05) is 6.61 Å². The summed E-state index contributed by atoms with van der Waals surface area (Å²) < 4.78 is 28.3. The van der Waals surface area contributed by atoms with E-state index in [0.29, 0.717) is 5.75 Å². The van der Waals surface area contributed by atoms with Gasteiger partial charge in [0.15, 0.2) is 0 Å². The van der Waals surface area contributed by atoms with Crippen LogP contribution >= 0.6 is 0 Å². The number of para-hydroxylation sites is 1. The quantitative estimate of drug-likeness (QED) is 0.681. The van der Waals surface area contributed by atoms with E-state index in [4.69, 9.17) is 4.74 Å². The van der Waals surface area contributed by atoms with Gasteiger partial charge < -0.3 is 4.74 Å². The lowest BCUT2D eigenvalue weighted by molar-refractivity contribution is 0.0816. The van der Waals surface area contributed by atoms with Crippen LogP contribution in [-0.4, -0.2) is 13.0 Å². The van der Waals surface area contributed by atoms with Crippen molar-refractivity contribution in [1.82, 2.24) is 0 Å². The summed E-state index contributed by atoms with van der Waals surface area (Å²) in [6.07, 6.45) is -2.41. The summed E-state index contributed by atoms with van der Waals surface area (Å²) in [4.78, 5) is 0. The first kappa shape index (κ1) is 8.97. The maximum atomic E-state index is 11.7. The van der Waals surface area contributed by atoms with Crippen LogP contribution in [0.15, 0.2) is 24.3 Å². The number of rotatable bonds is 3. The molecule has 1 nitrogen and oxygen atoms in total. The summed E-state index contributed by atoms with van der Waals surface area (Å²) in [5.41, 5.74) is 0.873. The molecule has 12 heavy (non-hydrogen) atoms. The van der Waals surface area contributed by atoms with Gasteiger partial charge in [-0.05, 0) is 18.6 Å². The van der Waals surface area contributed by atoms with Crippen molar-refractivity contribution >= 4 is 0 Å². The van der Waals surface area contributed by atoms with Crippen molar-refractivity contribution in [3.63, 3.8) is 0 Å². The van der Waals surface area contributed by atoms with Crippen molar-refractivity contribution in [1.29, 1.82) is 0 Å². The molecule has 0 aliphatic heterocycles. The first-order valence-electron chi connectivity index (χ1n) is 3.66. The zero-order valence-electron chi connectivity index (χ0n) is 6.76. The fourth-order valence-corrected chi connectivity index (χ4v) is 0.871. The molecule has 0 radical (unpaired) electrons. The van der Waals surface area contributed by atoms with Crippen LogP contribution in [-0.2, 0) is 0 Å². The van der Waals surface area contributed by atoms with E-state index in [1.165, 1.54) is 0 Å². The standard InChI is InChI=1S/C9H10F2O/c1-7-4-2-3-5-8(7)12-6-9(10)11/h2-5,9H,6H2,1H3. The molecule has 0 atom stereocenters. The summed E-state index contributed by atoms with van der Waals surface area (Å²) in [6.45, 7) is 1.28. The molecule has 0 aliphatic carbocycles. The Morgan fingerprint density at radius 2 is 2.00 bits per heavy atom. The lowest BCUT2D eigenvalue weighted by Gasteiger charge is -2.07. The first-order valence-corrected chi connectivity index (χ1v) is 3.66. The molecule has 1 aromatic rings. The molecule has 0 saturated heterocycles. The third-order valence-electron chi connectivity index (χ3n) is 1.46. The van der Waals surface area contributed by atoms with Crippen molar-refractivity contribution in [3.8, 4) is 5.75 Å². The Morgan fingerprint density at radius 1 is 1.33 bits per heavy atom. The molecule has 0 saturated carbocycles. The lowest BCUT2D eigenvalue weighted by atomic mass is 10.2. The Hall–Kier alpha value is -1.12. The van der Waals surface area contributed by atoms with Gasteiger partial charge in [-0.15, -0.1) is 0 Å². The van der Waals surface area contributed by atoms with Gasteiger partial charge in [0, 0.05) is 0 Å². The molecule has 66 valence electrons. The van der Waals surface area contributed by atoms with E-state index in [1.807, 2.05) is 19.1 Å². The van der Waals surface area contributed by atoms with Crippen LogP contribution in [0, 0.1) is 6.92 Å². The zero-order valence-corrected chi connectivity index (χ0v) is 6.76. The highest BCUT2D eigenvalue weighted by atomic mass is 19.3. The Kier molecular flexibility index (Phi) is 3.02. The number of benzene rings is 1. The van der Waals surface area contributed by atoms with Crippen LogP contribution in [0.1, 0.15) is 5.56 Å². The summed E-state index contributed by atoms with van der Waals surface area (Å²) >= 11 is 0. The number of hydrogen-bond donors (Lipinski definition) is 0. The first-order chi connectivity index (χ1) is 5.70. The Labute approximate surface area is 70.0 Å². The Balaban J connectivity index is 2.57. The second kappa shape index (κ2) is 4.04. The third kappa shape index (κ3) is 2.49. The van der Waals surface area contributed by atoms with Gasteiger partial charge in [0.05, 0.1) is 0 Å². The van der Waals surface area contributed by atoms with E-state index < -0.39 is 13.0 Å². The fraction of sp³-hybridized carbons (Fsp3) is 0.333. The molecule has 0 unspecified atom stereocenters. The van der Waals surface area contributed by atoms with Gasteiger partial charge in [0.25, 0.3) is 6.43 Å². The van der Waals surface area contributed by atoms with E-state index in [2.05, 4.69) is 0 Å². The topological polar surface area (TPSA) is 9.23 Å². The molecule has 0 N–H and O–H groups in total. The monoisotopic (exact) mass is 172 g/mol. The molecule has 0 amide bonds. The minimum absolute atomic E-state index is 0.526. The predicted molar refractivity (Wildman–Crippen MR) is 42.7 cm³/mol. The smallest absolute Gasteiger partial charge is 0.272 e. The molecule has 1 rings (SSSR count). The Bertz CT molecular complexity index is 248. The maximum Gasteiger partial charge on any atom is 0.272 e. The highest BCUT2D eigenvalue weighted by Crippen LogP contribution is 2.16.